The van der Waals surface area contributed by atoms with E-state index in [0.717, 1.165) is 29.4 Å². The van der Waals surface area contributed by atoms with Gasteiger partial charge in [-0.05, 0) is 44.5 Å². The monoisotopic (exact) mass is 289 g/mol. The van der Waals surface area contributed by atoms with Crippen LogP contribution in [0.5, 0.6) is 11.5 Å². The second kappa shape index (κ2) is 5.69. The molecule has 2 aliphatic heterocycles. The highest BCUT2D eigenvalue weighted by Gasteiger charge is 2.18. The van der Waals surface area contributed by atoms with E-state index in [9.17, 15) is 0 Å². The largest absolute Gasteiger partial charge is 0.454 e. The Hall–Kier alpha value is -2.14. The lowest BCUT2D eigenvalue weighted by Crippen LogP contribution is -2.30. The van der Waals surface area contributed by atoms with Crippen LogP contribution in [0.2, 0.25) is 0 Å². The first kappa shape index (κ1) is 13.8. The molecule has 0 spiro atoms. The first-order chi connectivity index (χ1) is 10.1. The van der Waals surface area contributed by atoms with Crippen LogP contribution < -0.4 is 14.8 Å². The Morgan fingerprint density at radius 2 is 2.05 bits per heavy atom. The summed E-state index contributed by atoms with van der Waals surface area (Å²) in [4.78, 5) is 0. The number of fused-ring (bicyclic) bond motifs is 1. The number of ether oxygens (including phenoxy) is 4. The molecule has 5 heteroatoms. The van der Waals surface area contributed by atoms with Crippen molar-refractivity contribution in [2.45, 2.75) is 26.3 Å². The Morgan fingerprint density at radius 3 is 2.81 bits per heavy atom. The average Bonchev–Trinajstić information content (AvgIpc) is 3.02. The molecule has 2 aliphatic rings. The van der Waals surface area contributed by atoms with Gasteiger partial charge in [0.1, 0.15) is 5.76 Å². The van der Waals surface area contributed by atoms with E-state index in [1.165, 1.54) is 5.56 Å². The van der Waals surface area contributed by atoms with Crippen LogP contribution in [0, 0.1) is 0 Å². The van der Waals surface area contributed by atoms with Crippen LogP contribution in [0.3, 0.4) is 0 Å². The number of hydrogen-bond donors (Lipinski definition) is 1. The minimum atomic E-state index is 0.295. The number of nitrogens with one attached hydrogen (secondary N) is 1. The Kier molecular flexibility index (Phi) is 3.75. The van der Waals surface area contributed by atoms with Crippen molar-refractivity contribution in [3.8, 4) is 11.5 Å². The Labute approximate surface area is 124 Å². The highest BCUT2D eigenvalue weighted by molar-refractivity contribution is 5.44. The van der Waals surface area contributed by atoms with Gasteiger partial charge in [-0.25, -0.2) is 0 Å². The number of allylic oxidation sites excluding steroid dienone is 1. The molecule has 0 bridgehead atoms. The van der Waals surface area contributed by atoms with Crippen LogP contribution in [0.15, 0.2) is 42.2 Å². The van der Waals surface area contributed by atoms with E-state index in [2.05, 4.69) is 24.9 Å². The van der Waals surface area contributed by atoms with Crippen molar-refractivity contribution in [2.24, 2.45) is 0 Å². The molecule has 0 saturated carbocycles. The van der Waals surface area contributed by atoms with Crippen LogP contribution in [0.1, 0.15) is 19.4 Å². The van der Waals surface area contributed by atoms with Crippen molar-refractivity contribution in [3.05, 3.63) is 47.8 Å². The third-order valence-corrected chi connectivity index (χ3v) is 3.49. The highest BCUT2D eigenvalue weighted by Crippen LogP contribution is 2.32. The lowest BCUT2D eigenvalue weighted by Gasteiger charge is -2.14. The molecule has 0 saturated heterocycles. The molecule has 21 heavy (non-hydrogen) atoms. The van der Waals surface area contributed by atoms with Crippen molar-refractivity contribution in [1.29, 1.82) is 0 Å². The predicted molar refractivity (Wildman–Crippen MR) is 77.7 cm³/mol. The lowest BCUT2D eigenvalue weighted by atomic mass is 10.1. The molecule has 1 N–H and O–H groups in total. The molecule has 2 heterocycles. The smallest absolute Gasteiger partial charge is 0.282 e. The van der Waals surface area contributed by atoms with Gasteiger partial charge in [-0.1, -0.05) is 6.07 Å². The van der Waals surface area contributed by atoms with Gasteiger partial charge in [0, 0.05) is 6.04 Å². The van der Waals surface area contributed by atoms with E-state index in [0.29, 0.717) is 25.3 Å². The van der Waals surface area contributed by atoms with Gasteiger partial charge >= 0.3 is 0 Å². The van der Waals surface area contributed by atoms with Gasteiger partial charge in [0.05, 0.1) is 6.54 Å². The zero-order valence-corrected chi connectivity index (χ0v) is 12.3. The molecule has 112 valence electrons. The van der Waals surface area contributed by atoms with Gasteiger partial charge in [0.2, 0.25) is 6.79 Å². The van der Waals surface area contributed by atoms with Crippen molar-refractivity contribution in [3.63, 3.8) is 0 Å². The average molecular weight is 289 g/mol. The SMILES string of the molecule is C=C1OC(C)=C(CN[C@H](C)Cc2ccc3c(c2)OCO3)O1. The summed E-state index contributed by atoms with van der Waals surface area (Å²) in [6.45, 7) is 8.57. The maximum Gasteiger partial charge on any atom is 0.282 e. The lowest BCUT2D eigenvalue weighted by molar-refractivity contribution is 0.174. The van der Waals surface area contributed by atoms with E-state index in [4.69, 9.17) is 18.9 Å². The van der Waals surface area contributed by atoms with Crippen molar-refractivity contribution < 1.29 is 18.9 Å². The van der Waals surface area contributed by atoms with Gasteiger partial charge in [0.25, 0.3) is 5.95 Å². The van der Waals surface area contributed by atoms with Crippen LogP contribution in [0.25, 0.3) is 0 Å². The molecule has 0 radical (unpaired) electrons. The molecule has 0 amide bonds. The Balaban J connectivity index is 1.53. The quantitative estimate of drug-likeness (QED) is 0.903. The summed E-state index contributed by atoms with van der Waals surface area (Å²) in [6.07, 6.45) is 0.894. The molecular formula is C16H19NO4. The minimum absolute atomic E-state index is 0.295. The standard InChI is InChI=1S/C16H19NO4/c1-10(17-8-16-11(2)20-12(3)21-16)6-13-4-5-14-15(7-13)19-9-18-14/h4-5,7,10,17H,3,6,8-9H2,1-2H3/t10-/m1/s1. The molecule has 0 aliphatic carbocycles. The van der Waals surface area contributed by atoms with Gasteiger partial charge in [-0.15, -0.1) is 0 Å². The van der Waals surface area contributed by atoms with Gasteiger partial charge in [-0.3, -0.25) is 0 Å². The van der Waals surface area contributed by atoms with Crippen molar-refractivity contribution in [2.75, 3.05) is 13.3 Å². The summed E-state index contributed by atoms with van der Waals surface area (Å²) >= 11 is 0. The molecule has 3 rings (SSSR count). The Morgan fingerprint density at radius 1 is 1.24 bits per heavy atom. The molecule has 0 unspecified atom stereocenters. The van der Waals surface area contributed by atoms with Gasteiger partial charge in [-0.2, -0.15) is 0 Å². The third kappa shape index (κ3) is 3.13. The van der Waals surface area contributed by atoms with E-state index in [1.54, 1.807) is 0 Å². The highest BCUT2D eigenvalue weighted by atomic mass is 16.7. The van der Waals surface area contributed by atoms with Gasteiger partial charge < -0.3 is 24.3 Å². The van der Waals surface area contributed by atoms with Crippen LogP contribution >= 0.6 is 0 Å². The maximum absolute atomic E-state index is 5.40. The summed E-state index contributed by atoms with van der Waals surface area (Å²) in [5.41, 5.74) is 1.21. The first-order valence-electron chi connectivity index (χ1n) is 6.98. The second-order valence-electron chi connectivity index (χ2n) is 5.23. The third-order valence-electron chi connectivity index (χ3n) is 3.49. The number of hydrogen-bond acceptors (Lipinski definition) is 5. The molecular weight excluding hydrogens is 270 g/mol. The van der Waals surface area contributed by atoms with E-state index in [1.807, 2.05) is 19.1 Å². The van der Waals surface area contributed by atoms with E-state index >= 15 is 0 Å². The summed E-state index contributed by atoms with van der Waals surface area (Å²) in [6, 6.07) is 6.34. The number of rotatable bonds is 5. The fourth-order valence-electron chi connectivity index (χ4n) is 2.38. The van der Waals surface area contributed by atoms with E-state index in [-0.39, 0.29) is 0 Å². The van der Waals surface area contributed by atoms with Crippen molar-refractivity contribution >= 4 is 0 Å². The molecule has 5 nitrogen and oxygen atoms in total. The number of benzene rings is 1. The molecule has 1 aromatic carbocycles. The summed E-state index contributed by atoms with van der Waals surface area (Å²) < 4.78 is 21.4. The van der Waals surface area contributed by atoms with Crippen LogP contribution in [0.4, 0.5) is 0 Å². The fourth-order valence-corrected chi connectivity index (χ4v) is 2.38. The molecule has 1 atom stereocenters. The Bertz CT molecular complexity index is 594. The summed E-state index contributed by atoms with van der Waals surface area (Å²) in [7, 11) is 0. The maximum atomic E-state index is 5.40. The first-order valence-corrected chi connectivity index (χ1v) is 6.98. The normalized spacial score (nSPS) is 17.7. The molecule has 0 fully saturated rings. The van der Waals surface area contributed by atoms with Crippen molar-refractivity contribution in [1.82, 2.24) is 5.32 Å². The predicted octanol–water partition coefficient (Wildman–Crippen LogP) is 2.69. The van der Waals surface area contributed by atoms with Gasteiger partial charge in [0.15, 0.2) is 17.3 Å². The summed E-state index contributed by atoms with van der Waals surface area (Å²) in [5.74, 6) is 3.53. The second-order valence-corrected chi connectivity index (χ2v) is 5.23. The van der Waals surface area contributed by atoms with Crippen LogP contribution in [-0.4, -0.2) is 19.4 Å². The summed E-state index contributed by atoms with van der Waals surface area (Å²) in [5, 5.41) is 3.42. The van der Waals surface area contributed by atoms with E-state index < -0.39 is 0 Å². The zero-order chi connectivity index (χ0) is 14.8. The molecule has 1 aromatic rings. The molecule has 0 aromatic heterocycles. The van der Waals surface area contributed by atoms with Crippen LogP contribution in [-0.2, 0) is 15.9 Å². The minimum Gasteiger partial charge on any atom is -0.454 e. The zero-order valence-electron chi connectivity index (χ0n) is 12.3. The topological polar surface area (TPSA) is 49.0 Å². The fraction of sp³-hybridized carbons (Fsp3) is 0.375.